The second-order valence-corrected chi connectivity index (χ2v) is 8.63. The van der Waals surface area contributed by atoms with Gasteiger partial charge in [-0.05, 0) is 49.2 Å². The Morgan fingerprint density at radius 3 is 2.57 bits per heavy atom. The maximum atomic E-state index is 13.4. The maximum Gasteiger partial charge on any atom is 0.340 e. The van der Waals surface area contributed by atoms with Crippen LogP contribution in [0.1, 0.15) is 28.8 Å². The molecule has 0 aromatic heterocycles. The van der Waals surface area contributed by atoms with Gasteiger partial charge in [0.2, 0.25) is 10.0 Å². The molecule has 6 nitrogen and oxygen atoms in total. The molecular formula is C19H19ClFNO5S. The number of nitrogens with zero attached hydrogens (tertiary/aromatic N) is 1. The first-order valence-corrected chi connectivity index (χ1v) is 10.4. The van der Waals surface area contributed by atoms with Crippen LogP contribution in [0.15, 0.2) is 41.3 Å². The number of ether oxygens (including phenoxy) is 2. The average Bonchev–Trinajstić information content (AvgIpc) is 3.22. The lowest BCUT2D eigenvalue weighted by Crippen LogP contribution is -2.28. The second kappa shape index (κ2) is 8.46. The molecule has 0 radical (unpaired) electrons. The van der Waals surface area contributed by atoms with Gasteiger partial charge in [-0.15, -0.1) is 0 Å². The number of methoxy groups -OCH3 is 1. The van der Waals surface area contributed by atoms with Crippen molar-refractivity contribution in [1.82, 2.24) is 4.31 Å². The zero-order chi connectivity index (χ0) is 20.3. The third-order valence-corrected chi connectivity index (χ3v) is 6.69. The molecule has 1 fully saturated rings. The highest BCUT2D eigenvalue weighted by atomic mass is 35.5. The van der Waals surface area contributed by atoms with Gasteiger partial charge in [-0.3, -0.25) is 0 Å². The molecule has 0 aliphatic carbocycles. The minimum Gasteiger partial charge on any atom is -0.496 e. The van der Waals surface area contributed by atoms with E-state index < -0.39 is 21.8 Å². The van der Waals surface area contributed by atoms with Crippen molar-refractivity contribution in [2.75, 3.05) is 20.2 Å². The quantitative estimate of drug-likeness (QED) is 0.658. The molecule has 2 aromatic rings. The van der Waals surface area contributed by atoms with Crippen molar-refractivity contribution >= 4 is 27.6 Å². The van der Waals surface area contributed by atoms with Crippen molar-refractivity contribution in [3.05, 3.63) is 58.4 Å². The molecule has 3 rings (SSSR count). The van der Waals surface area contributed by atoms with Crippen LogP contribution < -0.4 is 4.74 Å². The van der Waals surface area contributed by atoms with Crippen molar-refractivity contribution in [3.63, 3.8) is 0 Å². The molecule has 1 saturated heterocycles. The predicted octanol–water partition coefficient (Wildman–Crippen LogP) is 3.63. The van der Waals surface area contributed by atoms with Crippen molar-refractivity contribution < 1.29 is 27.1 Å². The van der Waals surface area contributed by atoms with Gasteiger partial charge in [-0.1, -0.05) is 11.6 Å². The summed E-state index contributed by atoms with van der Waals surface area (Å²) in [4.78, 5) is 12.5. The number of carbonyl (C=O) groups excluding carboxylic acids is 1. The van der Waals surface area contributed by atoms with Crippen LogP contribution >= 0.6 is 11.6 Å². The summed E-state index contributed by atoms with van der Waals surface area (Å²) >= 11 is 6.07. The number of halogens is 2. The first-order valence-electron chi connectivity index (χ1n) is 8.62. The van der Waals surface area contributed by atoms with Crippen LogP contribution in [0.3, 0.4) is 0 Å². The molecule has 0 unspecified atom stereocenters. The highest BCUT2D eigenvalue weighted by Gasteiger charge is 2.28. The molecule has 0 saturated carbocycles. The first-order chi connectivity index (χ1) is 13.3. The minimum atomic E-state index is -3.70. The normalized spacial score (nSPS) is 14.8. The standard InChI is InChI=1S/C19H19ClFNO5S/c1-26-18-7-4-14(21)10-13(18)12-27-19(23)16-11-15(5-6-17(16)20)28(24,25)22-8-2-3-9-22/h4-7,10-11H,2-3,8-9,12H2,1H3. The van der Waals surface area contributed by atoms with E-state index in [0.29, 0.717) is 24.4 Å². The van der Waals surface area contributed by atoms with E-state index in [1.165, 1.54) is 47.8 Å². The Hall–Kier alpha value is -2.16. The lowest BCUT2D eigenvalue weighted by molar-refractivity contribution is 0.0469. The fourth-order valence-corrected chi connectivity index (χ4v) is 4.72. The Balaban J connectivity index is 1.81. The van der Waals surface area contributed by atoms with Gasteiger partial charge < -0.3 is 9.47 Å². The summed E-state index contributed by atoms with van der Waals surface area (Å²) in [6.45, 7) is 0.646. The number of esters is 1. The molecule has 28 heavy (non-hydrogen) atoms. The van der Waals surface area contributed by atoms with Crippen LogP contribution in [0.5, 0.6) is 5.75 Å². The molecule has 1 aliphatic heterocycles. The average molecular weight is 428 g/mol. The Kier molecular flexibility index (Phi) is 6.22. The third-order valence-electron chi connectivity index (χ3n) is 4.46. The van der Waals surface area contributed by atoms with Crippen LogP contribution in [0.4, 0.5) is 4.39 Å². The first kappa shape index (κ1) is 20.6. The van der Waals surface area contributed by atoms with Gasteiger partial charge in [0.1, 0.15) is 18.2 Å². The van der Waals surface area contributed by atoms with E-state index in [-0.39, 0.29) is 22.1 Å². The van der Waals surface area contributed by atoms with E-state index in [1.807, 2.05) is 0 Å². The van der Waals surface area contributed by atoms with Gasteiger partial charge in [0.25, 0.3) is 0 Å². The van der Waals surface area contributed by atoms with E-state index >= 15 is 0 Å². The monoisotopic (exact) mass is 427 g/mol. The Labute approximate surface area is 167 Å². The largest absolute Gasteiger partial charge is 0.496 e. The second-order valence-electron chi connectivity index (χ2n) is 6.29. The number of rotatable bonds is 6. The fraction of sp³-hybridized carbons (Fsp3) is 0.316. The zero-order valence-corrected chi connectivity index (χ0v) is 16.7. The predicted molar refractivity (Wildman–Crippen MR) is 102 cm³/mol. The van der Waals surface area contributed by atoms with Gasteiger partial charge in [0.05, 0.1) is 22.6 Å². The summed E-state index contributed by atoms with van der Waals surface area (Å²) in [7, 11) is -2.28. The molecular weight excluding hydrogens is 409 g/mol. The smallest absolute Gasteiger partial charge is 0.340 e. The van der Waals surface area contributed by atoms with Crippen LogP contribution in [0.25, 0.3) is 0 Å². The van der Waals surface area contributed by atoms with E-state index in [9.17, 15) is 17.6 Å². The number of carbonyl (C=O) groups is 1. The zero-order valence-electron chi connectivity index (χ0n) is 15.2. The molecule has 150 valence electrons. The maximum absolute atomic E-state index is 13.4. The summed E-state index contributed by atoms with van der Waals surface area (Å²) in [5.74, 6) is -0.941. The van der Waals surface area contributed by atoms with E-state index in [2.05, 4.69) is 0 Å². The minimum absolute atomic E-state index is 0.0194. The highest BCUT2D eigenvalue weighted by Crippen LogP contribution is 2.27. The molecule has 0 N–H and O–H groups in total. The molecule has 9 heteroatoms. The lowest BCUT2D eigenvalue weighted by Gasteiger charge is -2.16. The molecule has 0 spiro atoms. The van der Waals surface area contributed by atoms with Crippen LogP contribution in [0.2, 0.25) is 5.02 Å². The molecule has 2 aromatic carbocycles. The van der Waals surface area contributed by atoms with Gasteiger partial charge in [0, 0.05) is 18.7 Å². The summed E-state index contributed by atoms with van der Waals surface area (Å²) in [5.41, 5.74) is 0.269. The summed E-state index contributed by atoms with van der Waals surface area (Å²) in [6, 6.07) is 7.78. The molecule has 0 amide bonds. The molecule has 1 heterocycles. The van der Waals surface area contributed by atoms with Gasteiger partial charge in [0.15, 0.2) is 0 Å². The molecule has 1 aliphatic rings. The number of hydrogen-bond acceptors (Lipinski definition) is 5. The summed E-state index contributed by atoms with van der Waals surface area (Å²) in [6.07, 6.45) is 1.61. The Morgan fingerprint density at radius 1 is 1.18 bits per heavy atom. The van der Waals surface area contributed by atoms with Crippen molar-refractivity contribution in [2.45, 2.75) is 24.3 Å². The Bertz CT molecular complexity index is 990. The van der Waals surface area contributed by atoms with Crippen molar-refractivity contribution in [2.24, 2.45) is 0 Å². The topological polar surface area (TPSA) is 72.9 Å². The van der Waals surface area contributed by atoms with Gasteiger partial charge in [-0.2, -0.15) is 4.31 Å². The molecule has 0 bridgehead atoms. The summed E-state index contributed by atoms with van der Waals surface area (Å²) in [5, 5.41) is 0.0663. The highest BCUT2D eigenvalue weighted by molar-refractivity contribution is 7.89. The SMILES string of the molecule is COc1ccc(F)cc1COC(=O)c1cc(S(=O)(=O)N2CCCC2)ccc1Cl. The van der Waals surface area contributed by atoms with Crippen LogP contribution in [0, 0.1) is 5.82 Å². The van der Waals surface area contributed by atoms with Crippen LogP contribution in [-0.4, -0.2) is 38.9 Å². The van der Waals surface area contributed by atoms with Gasteiger partial charge >= 0.3 is 5.97 Å². The van der Waals surface area contributed by atoms with Crippen molar-refractivity contribution in [3.8, 4) is 5.75 Å². The summed E-state index contributed by atoms with van der Waals surface area (Å²) < 4.78 is 50.5. The molecule has 0 atom stereocenters. The number of sulfonamides is 1. The Morgan fingerprint density at radius 2 is 1.89 bits per heavy atom. The van der Waals surface area contributed by atoms with E-state index in [0.717, 1.165) is 12.8 Å². The van der Waals surface area contributed by atoms with E-state index in [4.69, 9.17) is 21.1 Å². The fourth-order valence-electron chi connectivity index (χ4n) is 2.98. The number of hydrogen-bond donors (Lipinski definition) is 0. The number of benzene rings is 2. The van der Waals surface area contributed by atoms with E-state index in [1.54, 1.807) is 0 Å². The lowest BCUT2D eigenvalue weighted by atomic mass is 10.2. The van der Waals surface area contributed by atoms with Crippen LogP contribution in [-0.2, 0) is 21.4 Å². The van der Waals surface area contributed by atoms with Gasteiger partial charge in [-0.25, -0.2) is 17.6 Å². The van der Waals surface area contributed by atoms with Crippen molar-refractivity contribution in [1.29, 1.82) is 0 Å². The third kappa shape index (κ3) is 4.29.